The van der Waals surface area contributed by atoms with E-state index in [2.05, 4.69) is 11.9 Å². The maximum atomic E-state index is 13.3. The molecule has 1 aliphatic carbocycles. The Hall–Kier alpha value is -3.08. The largest absolute Gasteiger partial charge is 0.497 e. The molecule has 1 heterocycles. The molecule has 0 radical (unpaired) electrons. The molecule has 0 aliphatic heterocycles. The van der Waals surface area contributed by atoms with Gasteiger partial charge >= 0.3 is 0 Å². The van der Waals surface area contributed by atoms with E-state index in [1.165, 1.54) is 6.26 Å². The summed E-state index contributed by atoms with van der Waals surface area (Å²) in [5, 5.41) is 0. The van der Waals surface area contributed by atoms with Gasteiger partial charge in [-0.05, 0) is 62.1 Å². The average molecular weight is 362 g/mol. The number of aromatic nitrogens is 1. The van der Waals surface area contributed by atoms with Gasteiger partial charge in [-0.2, -0.15) is 0 Å². The van der Waals surface area contributed by atoms with E-state index in [0.29, 0.717) is 17.5 Å². The van der Waals surface area contributed by atoms with Crippen LogP contribution in [-0.4, -0.2) is 24.0 Å². The number of ether oxygens (including phenoxy) is 1. The zero-order chi connectivity index (χ0) is 18.8. The molecular weight excluding hydrogens is 340 g/mol. The first-order chi connectivity index (χ1) is 13.2. The van der Waals surface area contributed by atoms with E-state index >= 15 is 0 Å². The first kappa shape index (κ1) is 17.3. The molecule has 3 aromatic rings. The Kier molecular flexibility index (Phi) is 4.67. The quantitative estimate of drug-likeness (QED) is 0.632. The molecule has 1 atom stereocenters. The fraction of sp³-hybridized carbons (Fsp3) is 0.273. The topological polar surface area (TPSA) is 55.6 Å². The third-order valence-corrected chi connectivity index (χ3v) is 5.02. The van der Waals surface area contributed by atoms with Gasteiger partial charge in [-0.15, -0.1) is 0 Å². The number of benzene rings is 2. The van der Waals surface area contributed by atoms with Crippen LogP contribution in [0.4, 0.5) is 5.69 Å². The standard InChI is InChI=1S/C22H22N2O3/c1-15(16-8-9-16)24(18-10-12-19(26-2)13-11-18)22(25)20-14-27-21(23-20)17-6-4-3-5-7-17/h3-7,10-16H,8-9H2,1-2H3/t15-/m0/s1. The highest BCUT2D eigenvalue weighted by Crippen LogP contribution is 2.38. The van der Waals surface area contributed by atoms with Gasteiger partial charge in [0, 0.05) is 17.3 Å². The van der Waals surface area contributed by atoms with Crippen LogP contribution in [0.15, 0.2) is 65.3 Å². The lowest BCUT2D eigenvalue weighted by atomic mass is 10.1. The number of amides is 1. The van der Waals surface area contributed by atoms with Crippen LogP contribution >= 0.6 is 0 Å². The maximum absolute atomic E-state index is 13.3. The summed E-state index contributed by atoms with van der Waals surface area (Å²) in [6, 6.07) is 17.2. The van der Waals surface area contributed by atoms with Crippen molar-refractivity contribution in [2.45, 2.75) is 25.8 Å². The van der Waals surface area contributed by atoms with Crippen LogP contribution in [0.1, 0.15) is 30.3 Å². The summed E-state index contributed by atoms with van der Waals surface area (Å²) in [4.78, 5) is 19.6. The summed E-state index contributed by atoms with van der Waals surface area (Å²) in [5.74, 6) is 1.59. The van der Waals surface area contributed by atoms with Gasteiger partial charge in [-0.1, -0.05) is 18.2 Å². The highest BCUT2D eigenvalue weighted by atomic mass is 16.5. The zero-order valence-corrected chi connectivity index (χ0v) is 15.5. The Morgan fingerprint density at radius 2 is 1.85 bits per heavy atom. The summed E-state index contributed by atoms with van der Waals surface area (Å²) in [6.07, 6.45) is 3.74. The van der Waals surface area contributed by atoms with Crippen LogP contribution in [-0.2, 0) is 0 Å². The van der Waals surface area contributed by atoms with Crippen molar-refractivity contribution in [2.24, 2.45) is 5.92 Å². The van der Waals surface area contributed by atoms with Gasteiger partial charge in [0.25, 0.3) is 5.91 Å². The first-order valence-corrected chi connectivity index (χ1v) is 9.16. The second kappa shape index (κ2) is 7.27. The third-order valence-electron chi connectivity index (χ3n) is 5.02. The minimum atomic E-state index is -0.148. The lowest BCUT2D eigenvalue weighted by molar-refractivity contribution is 0.0971. The Balaban J connectivity index is 1.65. The molecule has 1 fully saturated rings. The molecule has 1 saturated carbocycles. The summed E-state index contributed by atoms with van der Waals surface area (Å²) in [7, 11) is 1.63. The molecule has 0 bridgehead atoms. The van der Waals surface area contributed by atoms with E-state index in [9.17, 15) is 4.79 Å². The zero-order valence-electron chi connectivity index (χ0n) is 15.5. The van der Waals surface area contributed by atoms with Crippen molar-refractivity contribution < 1.29 is 13.9 Å². The van der Waals surface area contributed by atoms with Gasteiger partial charge in [-0.25, -0.2) is 4.98 Å². The molecule has 27 heavy (non-hydrogen) atoms. The maximum Gasteiger partial charge on any atom is 0.280 e. The monoisotopic (exact) mass is 362 g/mol. The van der Waals surface area contributed by atoms with Crippen molar-refractivity contribution in [2.75, 3.05) is 12.0 Å². The van der Waals surface area contributed by atoms with Crippen molar-refractivity contribution in [1.82, 2.24) is 4.98 Å². The van der Waals surface area contributed by atoms with Gasteiger partial charge in [0.05, 0.1) is 7.11 Å². The van der Waals surface area contributed by atoms with Gasteiger partial charge in [0.15, 0.2) is 5.69 Å². The van der Waals surface area contributed by atoms with Gasteiger partial charge in [0.2, 0.25) is 5.89 Å². The van der Waals surface area contributed by atoms with E-state index in [-0.39, 0.29) is 11.9 Å². The minimum Gasteiger partial charge on any atom is -0.497 e. The molecule has 0 saturated heterocycles. The molecule has 0 spiro atoms. The molecule has 2 aromatic carbocycles. The Morgan fingerprint density at radius 1 is 1.15 bits per heavy atom. The molecule has 138 valence electrons. The predicted octanol–water partition coefficient (Wildman–Crippen LogP) is 4.80. The third kappa shape index (κ3) is 3.58. The Morgan fingerprint density at radius 3 is 2.48 bits per heavy atom. The van der Waals surface area contributed by atoms with Crippen LogP contribution in [0, 0.1) is 5.92 Å². The first-order valence-electron chi connectivity index (χ1n) is 9.16. The number of nitrogens with zero attached hydrogens (tertiary/aromatic N) is 2. The molecular formula is C22H22N2O3. The number of hydrogen-bond acceptors (Lipinski definition) is 4. The summed E-state index contributed by atoms with van der Waals surface area (Å²) >= 11 is 0. The molecule has 5 heteroatoms. The summed E-state index contributed by atoms with van der Waals surface area (Å²) < 4.78 is 10.8. The number of anilines is 1. The highest BCUT2D eigenvalue weighted by Gasteiger charge is 2.36. The van der Waals surface area contributed by atoms with E-state index in [1.54, 1.807) is 7.11 Å². The summed E-state index contributed by atoms with van der Waals surface area (Å²) in [6.45, 7) is 2.10. The van der Waals surface area contributed by atoms with Crippen molar-refractivity contribution in [3.8, 4) is 17.2 Å². The number of carbonyl (C=O) groups is 1. The number of carbonyl (C=O) groups excluding carboxylic acids is 1. The molecule has 1 amide bonds. The smallest absolute Gasteiger partial charge is 0.280 e. The Labute approximate surface area is 158 Å². The van der Waals surface area contributed by atoms with Crippen LogP contribution < -0.4 is 9.64 Å². The highest BCUT2D eigenvalue weighted by molar-refractivity contribution is 6.05. The van der Waals surface area contributed by atoms with Gasteiger partial charge in [0.1, 0.15) is 12.0 Å². The lowest BCUT2D eigenvalue weighted by Gasteiger charge is -2.29. The van der Waals surface area contributed by atoms with Crippen molar-refractivity contribution in [3.63, 3.8) is 0 Å². The van der Waals surface area contributed by atoms with Crippen LogP contribution in [0.25, 0.3) is 11.5 Å². The number of oxazole rings is 1. The van der Waals surface area contributed by atoms with Crippen molar-refractivity contribution in [3.05, 3.63) is 66.6 Å². The van der Waals surface area contributed by atoms with Gasteiger partial charge < -0.3 is 14.1 Å². The van der Waals surface area contributed by atoms with E-state index in [4.69, 9.17) is 9.15 Å². The fourth-order valence-corrected chi connectivity index (χ4v) is 3.28. The molecule has 1 aliphatic rings. The van der Waals surface area contributed by atoms with Crippen LogP contribution in [0.5, 0.6) is 5.75 Å². The normalized spacial score (nSPS) is 14.6. The SMILES string of the molecule is COc1ccc(N(C(=O)c2coc(-c3ccccc3)n2)[C@@H](C)C2CC2)cc1. The van der Waals surface area contributed by atoms with E-state index in [0.717, 1.165) is 29.8 Å². The number of rotatable bonds is 6. The number of hydrogen-bond donors (Lipinski definition) is 0. The second-order valence-electron chi connectivity index (χ2n) is 6.86. The van der Waals surface area contributed by atoms with Crippen molar-refractivity contribution in [1.29, 1.82) is 0 Å². The van der Waals surface area contributed by atoms with Crippen LogP contribution in [0.3, 0.4) is 0 Å². The lowest BCUT2D eigenvalue weighted by Crippen LogP contribution is -2.40. The number of methoxy groups -OCH3 is 1. The molecule has 4 rings (SSSR count). The average Bonchev–Trinajstić information content (AvgIpc) is 3.45. The van der Waals surface area contributed by atoms with Crippen LogP contribution in [0.2, 0.25) is 0 Å². The molecule has 5 nitrogen and oxygen atoms in total. The summed E-state index contributed by atoms with van der Waals surface area (Å²) in [5.41, 5.74) is 2.00. The van der Waals surface area contributed by atoms with E-state index in [1.807, 2.05) is 59.5 Å². The molecule has 1 aromatic heterocycles. The molecule has 0 unspecified atom stereocenters. The van der Waals surface area contributed by atoms with E-state index < -0.39 is 0 Å². The minimum absolute atomic E-state index is 0.0998. The Bertz CT molecular complexity index is 914. The van der Waals surface area contributed by atoms with Crippen molar-refractivity contribution >= 4 is 11.6 Å². The molecule has 0 N–H and O–H groups in total. The predicted molar refractivity (Wildman–Crippen MR) is 104 cm³/mol. The fourth-order valence-electron chi connectivity index (χ4n) is 3.28. The van der Waals surface area contributed by atoms with Gasteiger partial charge in [-0.3, -0.25) is 4.79 Å². The second-order valence-corrected chi connectivity index (χ2v) is 6.86.